The zero-order valence-electron chi connectivity index (χ0n) is 11.0. The minimum absolute atomic E-state index is 0.186. The summed E-state index contributed by atoms with van der Waals surface area (Å²) in [4.78, 5) is 23.5. The van der Waals surface area contributed by atoms with Crippen LogP contribution < -0.4 is 10.6 Å². The van der Waals surface area contributed by atoms with Crippen LogP contribution in [-0.4, -0.2) is 29.6 Å². The Bertz CT molecular complexity index is 656. The average Bonchev–Trinajstić information content (AvgIpc) is 2.93. The SMILES string of the molecule is COC(=O)c1cc(N)nc(N2CCc3sccc3C2)n1. The van der Waals surface area contributed by atoms with Crippen LogP contribution in [0.2, 0.25) is 0 Å². The highest BCUT2D eigenvalue weighted by molar-refractivity contribution is 7.10. The molecule has 0 amide bonds. The van der Waals surface area contributed by atoms with Gasteiger partial charge in [0.2, 0.25) is 5.95 Å². The van der Waals surface area contributed by atoms with Crippen molar-refractivity contribution >= 4 is 29.1 Å². The molecule has 0 radical (unpaired) electrons. The first-order chi connectivity index (χ1) is 9.67. The Balaban J connectivity index is 1.91. The van der Waals surface area contributed by atoms with Crippen molar-refractivity contribution in [3.8, 4) is 0 Å². The minimum Gasteiger partial charge on any atom is -0.464 e. The highest BCUT2D eigenvalue weighted by Crippen LogP contribution is 2.26. The number of methoxy groups -OCH3 is 1. The largest absolute Gasteiger partial charge is 0.464 e. The number of carbonyl (C=O) groups excluding carboxylic acids is 1. The van der Waals surface area contributed by atoms with Gasteiger partial charge in [0.25, 0.3) is 0 Å². The molecule has 0 aromatic carbocycles. The molecule has 3 rings (SSSR count). The monoisotopic (exact) mass is 290 g/mol. The third-order valence-corrected chi connectivity index (χ3v) is 4.24. The van der Waals surface area contributed by atoms with E-state index in [1.165, 1.54) is 23.6 Å². The maximum absolute atomic E-state index is 11.6. The molecule has 2 aromatic heterocycles. The van der Waals surface area contributed by atoms with Gasteiger partial charge in [-0.3, -0.25) is 0 Å². The zero-order valence-corrected chi connectivity index (χ0v) is 11.8. The molecule has 2 N–H and O–H groups in total. The number of nitrogens with zero attached hydrogens (tertiary/aromatic N) is 3. The Labute approximate surface area is 120 Å². The van der Waals surface area contributed by atoms with E-state index in [1.54, 1.807) is 11.3 Å². The molecule has 3 heterocycles. The minimum atomic E-state index is -0.506. The van der Waals surface area contributed by atoms with E-state index in [1.807, 2.05) is 4.90 Å². The van der Waals surface area contributed by atoms with Crippen LogP contribution in [0.1, 0.15) is 20.9 Å². The molecule has 0 saturated carbocycles. The van der Waals surface area contributed by atoms with E-state index in [0.717, 1.165) is 19.5 Å². The number of fused-ring (bicyclic) bond motifs is 1. The van der Waals surface area contributed by atoms with Gasteiger partial charge < -0.3 is 15.4 Å². The number of aromatic nitrogens is 2. The summed E-state index contributed by atoms with van der Waals surface area (Å²) in [5, 5.41) is 2.09. The van der Waals surface area contributed by atoms with Crippen LogP contribution in [0, 0.1) is 0 Å². The molecule has 20 heavy (non-hydrogen) atoms. The molecule has 0 saturated heterocycles. The van der Waals surface area contributed by atoms with Crippen LogP contribution >= 0.6 is 11.3 Å². The Kier molecular flexibility index (Phi) is 3.27. The fraction of sp³-hybridized carbons (Fsp3) is 0.308. The first-order valence-electron chi connectivity index (χ1n) is 6.20. The third kappa shape index (κ3) is 2.32. The maximum atomic E-state index is 11.6. The molecule has 6 nitrogen and oxygen atoms in total. The molecule has 7 heteroatoms. The number of hydrogen-bond acceptors (Lipinski definition) is 7. The molecule has 0 atom stereocenters. The summed E-state index contributed by atoms with van der Waals surface area (Å²) < 4.78 is 4.68. The van der Waals surface area contributed by atoms with E-state index < -0.39 is 5.97 Å². The summed E-state index contributed by atoms with van der Waals surface area (Å²) in [6.07, 6.45) is 0.957. The highest BCUT2D eigenvalue weighted by atomic mass is 32.1. The van der Waals surface area contributed by atoms with Crippen LogP contribution in [0.5, 0.6) is 0 Å². The van der Waals surface area contributed by atoms with Gasteiger partial charge in [0.05, 0.1) is 7.11 Å². The lowest BCUT2D eigenvalue weighted by molar-refractivity contribution is 0.0594. The number of rotatable bonds is 2. The normalized spacial score (nSPS) is 13.9. The first kappa shape index (κ1) is 12.9. The van der Waals surface area contributed by atoms with E-state index in [2.05, 4.69) is 26.2 Å². The van der Waals surface area contributed by atoms with E-state index in [-0.39, 0.29) is 11.5 Å². The van der Waals surface area contributed by atoms with Gasteiger partial charge in [-0.05, 0) is 23.4 Å². The van der Waals surface area contributed by atoms with E-state index >= 15 is 0 Å². The highest BCUT2D eigenvalue weighted by Gasteiger charge is 2.21. The fourth-order valence-corrected chi connectivity index (χ4v) is 3.11. The van der Waals surface area contributed by atoms with Gasteiger partial charge in [-0.15, -0.1) is 11.3 Å². The van der Waals surface area contributed by atoms with Gasteiger partial charge in [0.1, 0.15) is 5.82 Å². The predicted octanol–water partition coefficient (Wildman–Crippen LogP) is 1.47. The lowest BCUT2D eigenvalue weighted by Gasteiger charge is -2.27. The van der Waals surface area contributed by atoms with Gasteiger partial charge in [-0.1, -0.05) is 0 Å². The molecule has 1 aliphatic rings. The van der Waals surface area contributed by atoms with Crippen molar-refractivity contribution in [3.63, 3.8) is 0 Å². The van der Waals surface area contributed by atoms with Crippen molar-refractivity contribution < 1.29 is 9.53 Å². The van der Waals surface area contributed by atoms with Crippen LogP contribution in [0.15, 0.2) is 17.5 Å². The maximum Gasteiger partial charge on any atom is 0.356 e. The van der Waals surface area contributed by atoms with Gasteiger partial charge >= 0.3 is 5.97 Å². The topological polar surface area (TPSA) is 81.3 Å². The number of nitrogens with two attached hydrogens (primary N) is 1. The lowest BCUT2D eigenvalue weighted by Crippen LogP contribution is -2.31. The van der Waals surface area contributed by atoms with Crippen molar-refractivity contribution in [2.24, 2.45) is 0 Å². The molecule has 0 fully saturated rings. The van der Waals surface area contributed by atoms with E-state index in [0.29, 0.717) is 5.95 Å². The summed E-state index contributed by atoms with van der Waals surface area (Å²) in [6.45, 7) is 1.56. The van der Waals surface area contributed by atoms with Gasteiger partial charge in [-0.2, -0.15) is 4.98 Å². The smallest absolute Gasteiger partial charge is 0.356 e. The van der Waals surface area contributed by atoms with Crippen molar-refractivity contribution in [1.29, 1.82) is 0 Å². The quantitative estimate of drug-likeness (QED) is 0.844. The second kappa shape index (κ2) is 5.09. The van der Waals surface area contributed by atoms with Crippen molar-refractivity contribution in [3.05, 3.63) is 33.6 Å². The van der Waals surface area contributed by atoms with Crippen molar-refractivity contribution in [2.75, 3.05) is 24.3 Å². The molecule has 0 bridgehead atoms. The Morgan fingerprint density at radius 1 is 1.50 bits per heavy atom. The number of esters is 1. The first-order valence-corrected chi connectivity index (χ1v) is 7.08. The molecule has 0 unspecified atom stereocenters. The van der Waals surface area contributed by atoms with Gasteiger partial charge in [0.15, 0.2) is 5.69 Å². The summed E-state index contributed by atoms with van der Waals surface area (Å²) in [5.74, 6) is 0.238. The van der Waals surface area contributed by atoms with Crippen LogP contribution in [0.4, 0.5) is 11.8 Å². The molecular weight excluding hydrogens is 276 g/mol. The number of anilines is 2. The van der Waals surface area contributed by atoms with Crippen molar-refractivity contribution in [2.45, 2.75) is 13.0 Å². The summed E-state index contributed by atoms with van der Waals surface area (Å²) >= 11 is 1.77. The standard InChI is InChI=1S/C13H14N4O2S/c1-19-12(18)9-6-11(14)16-13(15-9)17-4-2-10-8(7-17)3-5-20-10/h3,5-6H,2,4,7H2,1H3,(H2,14,15,16). The Hall–Kier alpha value is -2.15. The predicted molar refractivity (Wildman–Crippen MR) is 76.9 cm³/mol. The van der Waals surface area contributed by atoms with Crippen LogP contribution in [0.25, 0.3) is 0 Å². The zero-order chi connectivity index (χ0) is 14.1. The molecular formula is C13H14N4O2S. The molecule has 1 aliphatic heterocycles. The van der Waals surface area contributed by atoms with Gasteiger partial charge in [-0.25, -0.2) is 9.78 Å². The molecule has 0 aliphatic carbocycles. The second-order valence-corrected chi connectivity index (χ2v) is 5.51. The number of carbonyl (C=O) groups is 1. The number of ether oxygens (including phenoxy) is 1. The summed E-state index contributed by atoms with van der Waals surface area (Å²) in [5.41, 5.74) is 7.22. The van der Waals surface area contributed by atoms with E-state index in [9.17, 15) is 4.79 Å². The summed E-state index contributed by atoms with van der Waals surface area (Å²) in [7, 11) is 1.32. The van der Waals surface area contributed by atoms with Crippen LogP contribution in [0.3, 0.4) is 0 Å². The number of hydrogen-bond donors (Lipinski definition) is 1. The second-order valence-electron chi connectivity index (χ2n) is 4.51. The third-order valence-electron chi connectivity index (χ3n) is 3.22. The molecule has 104 valence electrons. The number of nitrogen functional groups attached to an aromatic ring is 1. The fourth-order valence-electron chi connectivity index (χ4n) is 2.22. The average molecular weight is 290 g/mol. The summed E-state index contributed by atoms with van der Waals surface area (Å²) in [6, 6.07) is 3.54. The lowest BCUT2D eigenvalue weighted by atomic mass is 10.1. The Morgan fingerprint density at radius 3 is 3.15 bits per heavy atom. The Morgan fingerprint density at radius 2 is 2.35 bits per heavy atom. The molecule has 0 spiro atoms. The van der Waals surface area contributed by atoms with E-state index in [4.69, 9.17) is 5.73 Å². The molecule has 2 aromatic rings. The number of thiophene rings is 1. The van der Waals surface area contributed by atoms with Crippen LogP contribution in [-0.2, 0) is 17.7 Å². The van der Waals surface area contributed by atoms with Gasteiger partial charge in [0, 0.05) is 24.0 Å². The van der Waals surface area contributed by atoms with Crippen molar-refractivity contribution in [1.82, 2.24) is 9.97 Å².